The summed E-state index contributed by atoms with van der Waals surface area (Å²) in [5.41, 5.74) is 12.8. The van der Waals surface area contributed by atoms with Crippen molar-refractivity contribution in [2.24, 2.45) is 0 Å². The van der Waals surface area contributed by atoms with Gasteiger partial charge in [0.1, 0.15) is 11.6 Å². The fraction of sp³-hybridized carbons (Fsp3) is 0.143. The lowest BCUT2D eigenvalue weighted by Gasteiger charge is -2.23. The van der Waals surface area contributed by atoms with E-state index in [-0.39, 0.29) is 0 Å². The van der Waals surface area contributed by atoms with Crippen molar-refractivity contribution >= 4 is 23.0 Å². The topological polar surface area (TPSA) is 92.0 Å². The molecule has 2 aromatic rings. The molecule has 0 fully saturated rings. The van der Waals surface area contributed by atoms with Gasteiger partial charge in [0, 0.05) is 12.2 Å². The van der Waals surface area contributed by atoms with Crippen LogP contribution in [0.3, 0.4) is 0 Å². The lowest BCUT2D eigenvalue weighted by molar-refractivity contribution is 0.929. The quantitative estimate of drug-likeness (QED) is 0.872. The second-order valence-electron chi connectivity index (χ2n) is 4.04. The molecule has 0 saturated carbocycles. The predicted molar refractivity (Wildman–Crippen MR) is 76.7 cm³/mol. The van der Waals surface area contributed by atoms with Crippen LogP contribution >= 0.6 is 0 Å². The summed E-state index contributed by atoms with van der Waals surface area (Å²) in [5.74, 6) is 0.989. The molecule has 5 nitrogen and oxygen atoms in total. The summed E-state index contributed by atoms with van der Waals surface area (Å²) < 4.78 is 0. The Balaban J connectivity index is 2.37. The van der Waals surface area contributed by atoms with Crippen LogP contribution in [0.5, 0.6) is 0 Å². The SMILES string of the molecule is N#CCCN(c1ccccc1)c1ccc(N)c(N)n1. The molecule has 0 spiro atoms. The minimum Gasteiger partial charge on any atom is -0.396 e. The molecule has 4 N–H and O–H groups in total. The van der Waals surface area contributed by atoms with Crippen LogP contribution in [0.2, 0.25) is 0 Å². The highest BCUT2D eigenvalue weighted by atomic mass is 15.2. The van der Waals surface area contributed by atoms with Crippen LogP contribution in [0.1, 0.15) is 6.42 Å². The molecule has 1 aromatic carbocycles. The largest absolute Gasteiger partial charge is 0.396 e. The highest BCUT2D eigenvalue weighted by Gasteiger charge is 2.11. The molecule has 0 radical (unpaired) electrons. The van der Waals surface area contributed by atoms with Crippen molar-refractivity contribution in [2.45, 2.75) is 6.42 Å². The van der Waals surface area contributed by atoms with Gasteiger partial charge >= 0.3 is 0 Å². The van der Waals surface area contributed by atoms with Crippen molar-refractivity contribution in [3.63, 3.8) is 0 Å². The molecule has 0 aliphatic rings. The van der Waals surface area contributed by atoms with E-state index in [9.17, 15) is 0 Å². The predicted octanol–water partition coefficient (Wildman–Crippen LogP) is 2.30. The van der Waals surface area contributed by atoms with E-state index < -0.39 is 0 Å². The van der Waals surface area contributed by atoms with Crippen LogP contribution in [0.25, 0.3) is 0 Å². The lowest BCUT2D eigenvalue weighted by atomic mass is 10.2. The maximum Gasteiger partial charge on any atom is 0.149 e. The van der Waals surface area contributed by atoms with Crippen molar-refractivity contribution < 1.29 is 0 Å². The molecule has 0 amide bonds. The first-order valence-corrected chi connectivity index (χ1v) is 5.94. The smallest absolute Gasteiger partial charge is 0.149 e. The molecule has 0 saturated heterocycles. The molecule has 0 bridgehead atoms. The monoisotopic (exact) mass is 253 g/mol. The third-order valence-electron chi connectivity index (χ3n) is 2.73. The summed E-state index contributed by atoms with van der Waals surface area (Å²) >= 11 is 0. The first-order chi connectivity index (χ1) is 9.22. The van der Waals surface area contributed by atoms with Gasteiger partial charge in [-0.25, -0.2) is 4.98 Å². The van der Waals surface area contributed by atoms with Crippen LogP contribution in [0, 0.1) is 11.3 Å². The summed E-state index contributed by atoms with van der Waals surface area (Å²) in [6.07, 6.45) is 0.404. The second-order valence-corrected chi connectivity index (χ2v) is 4.04. The first-order valence-electron chi connectivity index (χ1n) is 5.94. The third kappa shape index (κ3) is 2.93. The Kier molecular flexibility index (Phi) is 3.84. The molecular formula is C14H15N5. The zero-order valence-corrected chi connectivity index (χ0v) is 10.5. The van der Waals surface area contributed by atoms with Gasteiger partial charge in [-0.15, -0.1) is 0 Å². The standard InChI is InChI=1S/C14H15N5/c15-9-4-10-19(11-5-2-1-3-6-11)13-8-7-12(16)14(17)18-13/h1-3,5-8H,4,10,16H2,(H2,17,18). The Labute approximate surface area is 112 Å². The van der Waals surface area contributed by atoms with Gasteiger partial charge in [-0.1, -0.05) is 18.2 Å². The summed E-state index contributed by atoms with van der Waals surface area (Å²) in [4.78, 5) is 6.22. The number of nitriles is 1. The van der Waals surface area contributed by atoms with Gasteiger partial charge in [-0.2, -0.15) is 5.26 Å². The van der Waals surface area contributed by atoms with Crippen LogP contribution in [-0.2, 0) is 0 Å². The van der Waals surface area contributed by atoms with E-state index in [4.69, 9.17) is 16.7 Å². The molecule has 2 rings (SSSR count). The number of aromatic nitrogens is 1. The van der Waals surface area contributed by atoms with E-state index in [0.29, 0.717) is 30.3 Å². The van der Waals surface area contributed by atoms with Gasteiger partial charge in [0.2, 0.25) is 0 Å². The van der Waals surface area contributed by atoms with Gasteiger partial charge in [0.05, 0.1) is 18.2 Å². The summed E-state index contributed by atoms with van der Waals surface area (Å²) in [5, 5.41) is 8.77. The van der Waals surface area contributed by atoms with E-state index in [1.54, 1.807) is 12.1 Å². The first kappa shape index (κ1) is 12.7. The number of nitrogen functional groups attached to an aromatic ring is 2. The van der Waals surface area contributed by atoms with Crippen LogP contribution < -0.4 is 16.4 Å². The van der Waals surface area contributed by atoms with E-state index >= 15 is 0 Å². The third-order valence-corrected chi connectivity index (χ3v) is 2.73. The number of para-hydroxylation sites is 1. The van der Waals surface area contributed by atoms with Gasteiger partial charge in [0.15, 0.2) is 0 Å². The van der Waals surface area contributed by atoms with Gasteiger partial charge in [0.25, 0.3) is 0 Å². The Morgan fingerprint density at radius 3 is 2.47 bits per heavy atom. The normalized spacial score (nSPS) is 9.84. The minimum absolute atomic E-state index is 0.301. The highest BCUT2D eigenvalue weighted by Crippen LogP contribution is 2.26. The van der Waals surface area contributed by atoms with E-state index in [0.717, 1.165) is 5.69 Å². The maximum absolute atomic E-state index is 8.77. The molecule has 0 unspecified atom stereocenters. The average molecular weight is 253 g/mol. The van der Waals surface area contributed by atoms with Gasteiger partial charge < -0.3 is 16.4 Å². The number of hydrogen-bond acceptors (Lipinski definition) is 5. The Bertz CT molecular complexity index is 589. The average Bonchev–Trinajstić information content (AvgIpc) is 2.44. The van der Waals surface area contributed by atoms with Gasteiger partial charge in [-0.05, 0) is 24.3 Å². The lowest BCUT2D eigenvalue weighted by Crippen LogP contribution is -2.19. The summed E-state index contributed by atoms with van der Waals surface area (Å²) in [6, 6.07) is 15.4. The van der Waals surface area contributed by atoms with E-state index in [2.05, 4.69) is 11.1 Å². The molecule has 1 heterocycles. The van der Waals surface area contributed by atoms with Crippen LogP contribution in [0.4, 0.5) is 23.0 Å². The zero-order chi connectivity index (χ0) is 13.7. The Morgan fingerprint density at radius 2 is 1.84 bits per heavy atom. The molecule has 5 heteroatoms. The van der Waals surface area contributed by atoms with E-state index in [1.165, 1.54) is 0 Å². The number of hydrogen-bond donors (Lipinski definition) is 2. The fourth-order valence-electron chi connectivity index (χ4n) is 1.77. The maximum atomic E-state index is 8.77. The van der Waals surface area contributed by atoms with Crippen molar-refractivity contribution in [3.05, 3.63) is 42.5 Å². The number of nitrogens with two attached hydrogens (primary N) is 2. The minimum atomic E-state index is 0.301. The molecule has 0 aliphatic heterocycles. The molecular weight excluding hydrogens is 238 g/mol. The number of anilines is 4. The number of rotatable bonds is 4. The Hall–Kier alpha value is -2.74. The van der Waals surface area contributed by atoms with Crippen LogP contribution in [-0.4, -0.2) is 11.5 Å². The number of pyridine rings is 1. The second kappa shape index (κ2) is 5.74. The van der Waals surface area contributed by atoms with Crippen molar-refractivity contribution in [1.29, 1.82) is 5.26 Å². The fourth-order valence-corrected chi connectivity index (χ4v) is 1.77. The molecule has 0 atom stereocenters. The molecule has 19 heavy (non-hydrogen) atoms. The molecule has 1 aromatic heterocycles. The summed E-state index contributed by atoms with van der Waals surface area (Å²) in [7, 11) is 0. The van der Waals surface area contributed by atoms with Crippen molar-refractivity contribution in [1.82, 2.24) is 4.98 Å². The number of nitrogens with zero attached hydrogens (tertiary/aromatic N) is 3. The summed E-state index contributed by atoms with van der Waals surface area (Å²) in [6.45, 7) is 0.552. The van der Waals surface area contributed by atoms with Crippen molar-refractivity contribution in [3.8, 4) is 6.07 Å². The van der Waals surface area contributed by atoms with E-state index in [1.807, 2.05) is 35.2 Å². The molecule has 96 valence electrons. The van der Waals surface area contributed by atoms with Crippen molar-refractivity contribution in [2.75, 3.05) is 22.9 Å². The zero-order valence-electron chi connectivity index (χ0n) is 10.5. The van der Waals surface area contributed by atoms with Gasteiger partial charge in [-0.3, -0.25) is 0 Å². The highest BCUT2D eigenvalue weighted by molar-refractivity contribution is 5.67. The Morgan fingerprint density at radius 1 is 1.11 bits per heavy atom. The molecule has 0 aliphatic carbocycles. The van der Waals surface area contributed by atoms with Crippen LogP contribution in [0.15, 0.2) is 42.5 Å². The number of benzene rings is 1.